The van der Waals surface area contributed by atoms with Crippen molar-refractivity contribution in [3.8, 4) is 0 Å². The van der Waals surface area contributed by atoms with E-state index in [2.05, 4.69) is 16.0 Å². The van der Waals surface area contributed by atoms with Crippen LogP contribution in [0.3, 0.4) is 0 Å². The van der Waals surface area contributed by atoms with Gasteiger partial charge in [-0.25, -0.2) is 4.79 Å². The Bertz CT molecular complexity index is 1310. The molecule has 0 radical (unpaired) electrons. The molecule has 0 aromatic heterocycles. The molecule has 2 aromatic rings. The lowest BCUT2D eigenvalue weighted by molar-refractivity contribution is -0.130. The number of amides is 3. The highest BCUT2D eigenvalue weighted by molar-refractivity contribution is 6.30. The Balaban J connectivity index is 1.58. The van der Waals surface area contributed by atoms with Crippen LogP contribution in [0.4, 0.5) is 4.79 Å². The van der Waals surface area contributed by atoms with Crippen LogP contribution >= 0.6 is 11.6 Å². The molecular formula is C35H48ClN3O5. The van der Waals surface area contributed by atoms with E-state index >= 15 is 0 Å². The Labute approximate surface area is 266 Å². The third-order valence-electron chi connectivity index (χ3n) is 9.38. The van der Waals surface area contributed by atoms with Gasteiger partial charge in [0.05, 0.1) is 12.6 Å². The summed E-state index contributed by atoms with van der Waals surface area (Å²) in [6.07, 6.45) is 5.38. The number of halogens is 1. The zero-order valence-electron chi connectivity index (χ0n) is 26.5. The van der Waals surface area contributed by atoms with E-state index in [1.807, 2.05) is 69.3 Å². The number of hydrogen-bond donors (Lipinski definition) is 4. The van der Waals surface area contributed by atoms with E-state index in [9.17, 15) is 19.5 Å². The Morgan fingerprint density at radius 1 is 1.07 bits per heavy atom. The van der Waals surface area contributed by atoms with Gasteiger partial charge in [0.25, 0.3) is 0 Å². The predicted octanol–water partition coefficient (Wildman–Crippen LogP) is 6.13. The first-order valence-electron chi connectivity index (χ1n) is 15.9. The molecule has 240 valence electrons. The summed E-state index contributed by atoms with van der Waals surface area (Å²) in [5.74, 6) is -0.449. The van der Waals surface area contributed by atoms with E-state index in [-0.39, 0.29) is 24.3 Å². The van der Waals surface area contributed by atoms with E-state index in [1.165, 1.54) is 6.42 Å². The van der Waals surface area contributed by atoms with E-state index < -0.39 is 35.1 Å². The van der Waals surface area contributed by atoms with Crippen molar-refractivity contribution in [3.63, 3.8) is 0 Å². The summed E-state index contributed by atoms with van der Waals surface area (Å²) in [6, 6.07) is 14.8. The summed E-state index contributed by atoms with van der Waals surface area (Å²) >= 11 is 6.36. The predicted molar refractivity (Wildman–Crippen MR) is 172 cm³/mol. The Morgan fingerprint density at radius 3 is 2.43 bits per heavy atom. The van der Waals surface area contributed by atoms with Gasteiger partial charge in [-0.15, -0.1) is 0 Å². The second-order valence-electron chi connectivity index (χ2n) is 13.5. The van der Waals surface area contributed by atoms with Crippen LogP contribution < -0.4 is 16.0 Å². The molecule has 1 aliphatic heterocycles. The van der Waals surface area contributed by atoms with Crippen LogP contribution in [0.1, 0.15) is 94.9 Å². The second kappa shape index (κ2) is 14.8. The third-order valence-corrected chi connectivity index (χ3v) is 9.62. The number of alkyl carbamates (subject to hydrolysis) is 1. The van der Waals surface area contributed by atoms with Crippen molar-refractivity contribution in [2.75, 3.05) is 13.2 Å². The topological polar surface area (TPSA) is 117 Å². The van der Waals surface area contributed by atoms with Gasteiger partial charge in [-0.2, -0.15) is 0 Å². The Hall–Kier alpha value is -3.10. The molecule has 44 heavy (non-hydrogen) atoms. The SMILES string of the molecule is Cc1cccc(C(OC(=O)N[C@](C)(CC2CCCCC2)C(=O)N[C@H](CO)C[C@@H]2CCNC2=O)C(C)(C)c2cccc(Cl)c2)c1. The molecule has 4 rings (SSSR count). The summed E-state index contributed by atoms with van der Waals surface area (Å²) in [7, 11) is 0. The number of ether oxygens (including phenoxy) is 1. The number of rotatable bonds is 12. The van der Waals surface area contributed by atoms with Crippen LogP contribution in [0.15, 0.2) is 48.5 Å². The van der Waals surface area contributed by atoms with Gasteiger partial charge >= 0.3 is 6.09 Å². The number of aliphatic hydroxyl groups is 1. The zero-order chi connectivity index (χ0) is 31.9. The first-order valence-corrected chi connectivity index (χ1v) is 16.3. The highest BCUT2D eigenvalue weighted by Gasteiger charge is 2.42. The number of benzene rings is 2. The molecule has 1 unspecified atom stereocenters. The molecule has 2 fully saturated rings. The first kappa shape index (κ1) is 33.8. The molecule has 4 N–H and O–H groups in total. The molecule has 8 nitrogen and oxygen atoms in total. The summed E-state index contributed by atoms with van der Waals surface area (Å²) in [6.45, 7) is 8.04. The largest absolute Gasteiger partial charge is 0.440 e. The van der Waals surface area contributed by atoms with Gasteiger partial charge in [-0.1, -0.05) is 99.5 Å². The lowest BCUT2D eigenvalue weighted by Crippen LogP contribution is -2.60. The minimum Gasteiger partial charge on any atom is -0.440 e. The van der Waals surface area contributed by atoms with Crippen LogP contribution in [0.25, 0.3) is 0 Å². The quantitative estimate of drug-likeness (QED) is 0.227. The monoisotopic (exact) mass is 625 g/mol. The molecular weight excluding hydrogens is 578 g/mol. The maximum atomic E-state index is 13.9. The molecule has 4 atom stereocenters. The van der Waals surface area contributed by atoms with E-state index in [0.717, 1.165) is 42.4 Å². The van der Waals surface area contributed by atoms with Crippen LogP contribution in [0, 0.1) is 18.8 Å². The number of carbonyl (C=O) groups excluding carboxylic acids is 3. The number of nitrogens with one attached hydrogen (secondary N) is 3. The molecule has 2 aromatic carbocycles. The zero-order valence-corrected chi connectivity index (χ0v) is 27.2. The van der Waals surface area contributed by atoms with Crippen LogP contribution in [-0.4, -0.2) is 47.7 Å². The highest BCUT2D eigenvalue weighted by Crippen LogP contribution is 2.41. The van der Waals surface area contributed by atoms with Crippen molar-refractivity contribution in [3.05, 3.63) is 70.2 Å². The maximum Gasteiger partial charge on any atom is 0.408 e. The molecule has 1 saturated heterocycles. The van der Waals surface area contributed by atoms with Gasteiger partial charge in [0.2, 0.25) is 11.8 Å². The number of hydrogen-bond acceptors (Lipinski definition) is 5. The van der Waals surface area contributed by atoms with Gasteiger partial charge in [-0.05, 0) is 62.3 Å². The van der Waals surface area contributed by atoms with E-state index in [0.29, 0.717) is 30.8 Å². The fourth-order valence-electron chi connectivity index (χ4n) is 6.77. The fraction of sp³-hybridized carbons (Fsp3) is 0.571. The summed E-state index contributed by atoms with van der Waals surface area (Å²) in [5.41, 5.74) is 0.822. The highest BCUT2D eigenvalue weighted by atomic mass is 35.5. The van der Waals surface area contributed by atoms with Gasteiger partial charge in [-0.3, -0.25) is 9.59 Å². The van der Waals surface area contributed by atoms with Crippen LogP contribution in [-0.2, 0) is 19.7 Å². The molecule has 3 amide bonds. The molecule has 1 saturated carbocycles. The standard InChI is InChI=1S/C35H48ClN3O5/c1-23-10-8-13-25(18-23)30(34(2,3)27-14-9-15-28(36)20-27)44-33(43)39-35(4,21-24-11-6-5-7-12-24)32(42)38-29(22-40)19-26-16-17-37-31(26)41/h8-10,13-15,18,20,24,26,29-30,40H,5-7,11-12,16-17,19,21-22H2,1-4H3,(H,37,41)(H,38,42)(H,39,43)/t26-,29-,30?,35+/m0/s1. The lowest BCUT2D eigenvalue weighted by Gasteiger charge is -2.38. The van der Waals surface area contributed by atoms with Crippen LogP contribution in [0.2, 0.25) is 5.02 Å². The average molecular weight is 626 g/mol. The van der Waals surface area contributed by atoms with E-state index in [4.69, 9.17) is 16.3 Å². The van der Waals surface area contributed by atoms with Crippen molar-refractivity contribution < 1.29 is 24.2 Å². The van der Waals surface area contributed by atoms with Gasteiger partial charge in [0.15, 0.2) is 0 Å². The minimum atomic E-state index is -1.29. The lowest BCUT2D eigenvalue weighted by atomic mass is 9.76. The normalized spacial score (nSPS) is 20.2. The van der Waals surface area contributed by atoms with E-state index in [1.54, 1.807) is 6.92 Å². The maximum absolute atomic E-state index is 13.9. The Morgan fingerprint density at radius 2 is 1.80 bits per heavy atom. The number of aryl methyl sites for hydroxylation is 1. The fourth-order valence-corrected chi connectivity index (χ4v) is 6.96. The van der Waals surface area contributed by atoms with Crippen molar-refractivity contribution in [1.82, 2.24) is 16.0 Å². The number of carbonyl (C=O) groups is 3. The summed E-state index contributed by atoms with van der Waals surface area (Å²) in [4.78, 5) is 40.0. The van der Waals surface area contributed by atoms with Gasteiger partial charge in [0.1, 0.15) is 11.6 Å². The molecule has 1 heterocycles. The summed E-state index contributed by atoms with van der Waals surface area (Å²) in [5, 5.41) is 19.4. The molecule has 0 spiro atoms. The average Bonchev–Trinajstić information content (AvgIpc) is 3.39. The van der Waals surface area contributed by atoms with Crippen LogP contribution in [0.5, 0.6) is 0 Å². The van der Waals surface area contributed by atoms with Crippen molar-refractivity contribution in [1.29, 1.82) is 0 Å². The minimum absolute atomic E-state index is 0.0612. The van der Waals surface area contributed by atoms with Crippen molar-refractivity contribution in [2.45, 2.75) is 102 Å². The molecule has 1 aliphatic carbocycles. The smallest absolute Gasteiger partial charge is 0.408 e. The third kappa shape index (κ3) is 8.54. The van der Waals surface area contributed by atoms with Crippen molar-refractivity contribution >= 4 is 29.5 Å². The molecule has 9 heteroatoms. The van der Waals surface area contributed by atoms with Crippen molar-refractivity contribution in [2.24, 2.45) is 11.8 Å². The number of aliphatic hydroxyl groups excluding tert-OH is 1. The van der Waals surface area contributed by atoms with Gasteiger partial charge in [0, 0.05) is 22.9 Å². The first-order chi connectivity index (χ1) is 20.9. The molecule has 0 bridgehead atoms. The molecule has 2 aliphatic rings. The second-order valence-corrected chi connectivity index (χ2v) is 13.9. The Kier molecular flexibility index (Phi) is 11.4. The summed E-state index contributed by atoms with van der Waals surface area (Å²) < 4.78 is 6.26. The van der Waals surface area contributed by atoms with Gasteiger partial charge < -0.3 is 25.8 Å².